The second-order valence-corrected chi connectivity index (χ2v) is 5.38. The summed E-state index contributed by atoms with van der Waals surface area (Å²) in [6.07, 6.45) is 0. The van der Waals surface area contributed by atoms with E-state index in [2.05, 4.69) is 29.0 Å². The van der Waals surface area contributed by atoms with Crippen LogP contribution in [0.25, 0.3) is 11.0 Å². The number of benzene rings is 1. The van der Waals surface area contributed by atoms with Crippen LogP contribution in [0.2, 0.25) is 0 Å². The van der Waals surface area contributed by atoms with Gasteiger partial charge in [-0.25, -0.2) is 4.98 Å². The summed E-state index contributed by atoms with van der Waals surface area (Å²) in [6.45, 7) is 9.65. The summed E-state index contributed by atoms with van der Waals surface area (Å²) in [6, 6.07) is 7.34. The largest absolute Gasteiger partial charge is 0.320 e. The van der Waals surface area contributed by atoms with E-state index in [1.165, 1.54) is 0 Å². The lowest BCUT2D eigenvalue weighted by Crippen LogP contribution is -2.34. The SMILES string of the molecule is CCN(CC)CCn1c(NC(=O)C(C)N)nc2ccccc21. The van der Waals surface area contributed by atoms with Gasteiger partial charge in [0.25, 0.3) is 0 Å². The Kier molecular flexibility index (Phi) is 5.51. The first-order chi connectivity index (χ1) is 10.6. The molecule has 6 nitrogen and oxygen atoms in total. The van der Waals surface area contributed by atoms with E-state index < -0.39 is 6.04 Å². The third-order valence-electron chi connectivity index (χ3n) is 3.84. The number of nitrogens with one attached hydrogen (secondary N) is 1. The van der Waals surface area contributed by atoms with Crippen molar-refractivity contribution in [1.82, 2.24) is 14.5 Å². The van der Waals surface area contributed by atoms with Crippen molar-refractivity contribution >= 4 is 22.9 Å². The van der Waals surface area contributed by atoms with Gasteiger partial charge in [-0.2, -0.15) is 0 Å². The van der Waals surface area contributed by atoms with Gasteiger partial charge < -0.3 is 15.2 Å². The third kappa shape index (κ3) is 3.64. The van der Waals surface area contributed by atoms with E-state index in [0.29, 0.717) is 5.95 Å². The summed E-state index contributed by atoms with van der Waals surface area (Å²) < 4.78 is 2.05. The second kappa shape index (κ2) is 7.38. The molecule has 1 heterocycles. The van der Waals surface area contributed by atoms with E-state index in [1.807, 2.05) is 28.8 Å². The normalized spacial score (nSPS) is 12.8. The number of imidazole rings is 1. The molecule has 22 heavy (non-hydrogen) atoms. The standard InChI is InChI=1S/C16H25N5O/c1-4-20(5-2)10-11-21-14-9-7-6-8-13(14)18-16(21)19-15(22)12(3)17/h6-9,12H,4-5,10-11,17H2,1-3H3,(H,18,19,22). The summed E-state index contributed by atoms with van der Waals surface area (Å²) in [5.41, 5.74) is 7.54. The topological polar surface area (TPSA) is 76.2 Å². The Labute approximate surface area is 131 Å². The predicted molar refractivity (Wildman–Crippen MR) is 89.8 cm³/mol. The number of anilines is 1. The van der Waals surface area contributed by atoms with Gasteiger partial charge in [0.2, 0.25) is 11.9 Å². The van der Waals surface area contributed by atoms with Gasteiger partial charge in [0.1, 0.15) is 0 Å². The van der Waals surface area contributed by atoms with Gasteiger partial charge >= 0.3 is 0 Å². The second-order valence-electron chi connectivity index (χ2n) is 5.38. The molecule has 0 spiro atoms. The van der Waals surface area contributed by atoms with E-state index in [9.17, 15) is 4.79 Å². The average Bonchev–Trinajstić information content (AvgIpc) is 2.85. The third-order valence-corrected chi connectivity index (χ3v) is 3.84. The predicted octanol–water partition coefficient (Wildman–Crippen LogP) is 1.66. The molecule has 3 N–H and O–H groups in total. The highest BCUT2D eigenvalue weighted by molar-refractivity contribution is 5.94. The van der Waals surface area contributed by atoms with E-state index in [0.717, 1.165) is 37.2 Å². The van der Waals surface area contributed by atoms with E-state index in [4.69, 9.17) is 5.73 Å². The Morgan fingerprint density at radius 1 is 1.36 bits per heavy atom. The summed E-state index contributed by atoms with van der Waals surface area (Å²) in [4.78, 5) is 18.8. The Morgan fingerprint density at radius 2 is 2.05 bits per heavy atom. The number of likely N-dealkylation sites (N-methyl/N-ethyl adjacent to an activating group) is 1. The number of amides is 1. The molecule has 1 aromatic carbocycles. The molecular weight excluding hydrogens is 278 g/mol. The molecular formula is C16H25N5O. The zero-order valence-electron chi connectivity index (χ0n) is 13.5. The monoisotopic (exact) mass is 303 g/mol. The molecule has 1 aromatic heterocycles. The summed E-state index contributed by atoms with van der Waals surface area (Å²) >= 11 is 0. The van der Waals surface area contributed by atoms with Crippen LogP contribution in [-0.4, -0.2) is 46.0 Å². The van der Waals surface area contributed by atoms with Crippen molar-refractivity contribution in [3.63, 3.8) is 0 Å². The zero-order valence-corrected chi connectivity index (χ0v) is 13.5. The van der Waals surface area contributed by atoms with Crippen molar-refractivity contribution in [2.45, 2.75) is 33.4 Å². The minimum Gasteiger partial charge on any atom is -0.320 e. The molecule has 0 radical (unpaired) electrons. The molecule has 1 amide bonds. The highest BCUT2D eigenvalue weighted by atomic mass is 16.2. The number of para-hydroxylation sites is 2. The Hall–Kier alpha value is -1.92. The molecule has 0 aliphatic carbocycles. The molecule has 1 unspecified atom stereocenters. The number of hydrogen-bond donors (Lipinski definition) is 2. The summed E-state index contributed by atoms with van der Waals surface area (Å²) in [5.74, 6) is 0.343. The number of carbonyl (C=O) groups excluding carboxylic acids is 1. The van der Waals surface area contributed by atoms with Crippen molar-refractivity contribution in [3.8, 4) is 0 Å². The Bertz CT molecular complexity index is 630. The van der Waals surface area contributed by atoms with Crippen LogP contribution in [0.5, 0.6) is 0 Å². The van der Waals surface area contributed by atoms with Gasteiger partial charge in [-0.15, -0.1) is 0 Å². The van der Waals surface area contributed by atoms with Crippen molar-refractivity contribution < 1.29 is 4.79 Å². The number of fused-ring (bicyclic) bond motifs is 1. The lowest BCUT2D eigenvalue weighted by atomic mass is 10.3. The number of hydrogen-bond acceptors (Lipinski definition) is 4. The van der Waals surface area contributed by atoms with E-state index in [-0.39, 0.29) is 5.91 Å². The van der Waals surface area contributed by atoms with Crippen LogP contribution >= 0.6 is 0 Å². The number of nitrogens with zero attached hydrogens (tertiary/aromatic N) is 3. The van der Waals surface area contributed by atoms with Crippen LogP contribution in [-0.2, 0) is 11.3 Å². The lowest BCUT2D eigenvalue weighted by Gasteiger charge is -2.19. The summed E-state index contributed by atoms with van der Waals surface area (Å²) in [5, 5.41) is 2.83. The van der Waals surface area contributed by atoms with Gasteiger partial charge in [-0.05, 0) is 32.1 Å². The molecule has 1 atom stereocenters. The van der Waals surface area contributed by atoms with Crippen molar-refractivity contribution in [1.29, 1.82) is 0 Å². The van der Waals surface area contributed by atoms with Crippen molar-refractivity contribution in [3.05, 3.63) is 24.3 Å². The smallest absolute Gasteiger partial charge is 0.243 e. The molecule has 0 saturated carbocycles. The summed E-state index contributed by atoms with van der Waals surface area (Å²) in [7, 11) is 0. The fourth-order valence-corrected chi connectivity index (χ4v) is 2.40. The molecule has 0 aliphatic rings. The molecule has 0 bridgehead atoms. The van der Waals surface area contributed by atoms with Gasteiger partial charge in [0.05, 0.1) is 17.1 Å². The minimum absolute atomic E-state index is 0.223. The van der Waals surface area contributed by atoms with Crippen LogP contribution < -0.4 is 11.1 Å². The number of nitrogens with two attached hydrogens (primary N) is 1. The molecule has 2 aromatic rings. The van der Waals surface area contributed by atoms with Crippen LogP contribution in [0.3, 0.4) is 0 Å². The maximum Gasteiger partial charge on any atom is 0.243 e. The minimum atomic E-state index is -0.559. The lowest BCUT2D eigenvalue weighted by molar-refractivity contribution is -0.117. The highest BCUT2D eigenvalue weighted by Crippen LogP contribution is 2.19. The first kappa shape index (κ1) is 16.5. The van der Waals surface area contributed by atoms with E-state index >= 15 is 0 Å². The fourth-order valence-electron chi connectivity index (χ4n) is 2.40. The molecule has 0 fully saturated rings. The molecule has 0 saturated heterocycles. The average molecular weight is 303 g/mol. The first-order valence-corrected chi connectivity index (χ1v) is 7.80. The van der Waals surface area contributed by atoms with Gasteiger partial charge in [0, 0.05) is 13.1 Å². The van der Waals surface area contributed by atoms with Crippen LogP contribution in [0.4, 0.5) is 5.95 Å². The van der Waals surface area contributed by atoms with Gasteiger partial charge in [-0.3, -0.25) is 10.1 Å². The Balaban J connectivity index is 2.29. The van der Waals surface area contributed by atoms with Crippen molar-refractivity contribution in [2.24, 2.45) is 5.73 Å². The van der Waals surface area contributed by atoms with Gasteiger partial charge in [0.15, 0.2) is 0 Å². The van der Waals surface area contributed by atoms with Gasteiger partial charge in [-0.1, -0.05) is 26.0 Å². The highest BCUT2D eigenvalue weighted by Gasteiger charge is 2.15. The maximum absolute atomic E-state index is 11.9. The van der Waals surface area contributed by atoms with Crippen LogP contribution in [0.1, 0.15) is 20.8 Å². The fraction of sp³-hybridized carbons (Fsp3) is 0.500. The molecule has 0 aliphatic heterocycles. The first-order valence-electron chi connectivity index (χ1n) is 7.80. The molecule has 2 rings (SSSR count). The zero-order chi connectivity index (χ0) is 16.1. The molecule has 120 valence electrons. The number of carbonyl (C=O) groups is 1. The number of aromatic nitrogens is 2. The Morgan fingerprint density at radius 3 is 2.68 bits per heavy atom. The maximum atomic E-state index is 11.9. The number of rotatable bonds is 7. The van der Waals surface area contributed by atoms with E-state index in [1.54, 1.807) is 6.92 Å². The van der Waals surface area contributed by atoms with Crippen LogP contribution in [0, 0.1) is 0 Å². The van der Waals surface area contributed by atoms with Crippen molar-refractivity contribution in [2.75, 3.05) is 25.0 Å². The quantitative estimate of drug-likeness (QED) is 0.815. The molecule has 6 heteroatoms. The van der Waals surface area contributed by atoms with Crippen LogP contribution in [0.15, 0.2) is 24.3 Å².